The number of rotatable bonds is 6. The first-order valence-electron chi connectivity index (χ1n) is 22.1. The number of nitrogens with zero attached hydrogens (tertiary/aromatic N) is 2. The maximum Gasteiger partial charge on any atom is 0.0547 e. The minimum absolute atomic E-state index is 0.339. The van der Waals surface area contributed by atoms with Gasteiger partial charge in [0, 0.05) is 33.2 Å². The van der Waals surface area contributed by atoms with E-state index in [2.05, 4.69) is 198 Å². The fraction of sp³-hybridized carbons (Fsp3) is 0.172. The van der Waals surface area contributed by atoms with Gasteiger partial charge in [-0.1, -0.05) is 127 Å². The van der Waals surface area contributed by atoms with Gasteiger partial charge in [-0.3, -0.25) is 0 Å². The van der Waals surface area contributed by atoms with E-state index in [1.165, 1.54) is 120 Å². The number of hydrogen-bond donors (Lipinski definition) is 0. The molecule has 0 amide bonds. The normalized spacial score (nSPS) is 23.6. The van der Waals surface area contributed by atoms with Gasteiger partial charge in [0.1, 0.15) is 0 Å². The van der Waals surface area contributed by atoms with Gasteiger partial charge in [-0.15, -0.1) is 0 Å². The summed E-state index contributed by atoms with van der Waals surface area (Å²) in [7, 11) is 0. The number of anilines is 3. The van der Waals surface area contributed by atoms with Crippen LogP contribution in [0.3, 0.4) is 0 Å². The van der Waals surface area contributed by atoms with E-state index >= 15 is 0 Å². The molecule has 2 heteroatoms. The molecule has 1 spiro atoms. The van der Waals surface area contributed by atoms with Crippen molar-refractivity contribution in [2.75, 3.05) is 4.90 Å². The Bertz CT molecular complexity index is 3390. The van der Waals surface area contributed by atoms with Gasteiger partial charge in [-0.05, 0) is 165 Å². The van der Waals surface area contributed by atoms with Gasteiger partial charge in [0.2, 0.25) is 0 Å². The van der Waals surface area contributed by atoms with Crippen LogP contribution in [0.5, 0.6) is 0 Å². The lowest BCUT2D eigenvalue weighted by atomic mass is 9.38. The van der Waals surface area contributed by atoms with Gasteiger partial charge in [0.05, 0.1) is 16.7 Å². The summed E-state index contributed by atoms with van der Waals surface area (Å²) in [6.07, 6.45) is 7.17. The molecule has 0 unspecified atom stereocenters. The van der Waals surface area contributed by atoms with Crippen LogP contribution in [0, 0.1) is 23.2 Å². The molecule has 1 aromatic heterocycles. The Morgan fingerprint density at radius 3 is 1.90 bits per heavy atom. The summed E-state index contributed by atoms with van der Waals surface area (Å²) < 4.78 is 2.44. The highest BCUT2D eigenvalue weighted by Crippen LogP contribution is 2.84. The van der Waals surface area contributed by atoms with Gasteiger partial charge >= 0.3 is 0 Å². The van der Waals surface area contributed by atoms with Crippen LogP contribution in [0.2, 0.25) is 0 Å². The van der Waals surface area contributed by atoms with Crippen molar-refractivity contribution in [2.45, 2.75) is 37.5 Å². The first-order chi connectivity index (χ1) is 29.6. The molecule has 9 aromatic carbocycles. The van der Waals surface area contributed by atoms with Crippen molar-refractivity contribution in [3.63, 3.8) is 0 Å². The number of fused-ring (bicyclic) bond motifs is 8. The molecule has 2 bridgehead atoms. The van der Waals surface area contributed by atoms with E-state index in [1.807, 2.05) is 0 Å². The summed E-state index contributed by atoms with van der Waals surface area (Å²) in [5, 5.41) is 10.2. The molecule has 2 nitrogen and oxygen atoms in total. The molecule has 4 saturated carbocycles. The Morgan fingerprint density at radius 1 is 0.433 bits per heavy atom. The lowest BCUT2D eigenvalue weighted by molar-refractivity contribution is -0.175. The van der Waals surface area contributed by atoms with Crippen LogP contribution in [-0.4, -0.2) is 4.57 Å². The zero-order valence-electron chi connectivity index (χ0n) is 33.6. The van der Waals surface area contributed by atoms with Gasteiger partial charge < -0.3 is 9.47 Å². The van der Waals surface area contributed by atoms with Crippen LogP contribution >= 0.6 is 0 Å². The predicted octanol–water partition coefficient (Wildman–Crippen LogP) is 15.5. The average Bonchev–Trinajstić information content (AvgIpc) is 3.92. The third kappa shape index (κ3) is 4.44. The average molecular weight is 769 g/mol. The van der Waals surface area contributed by atoms with Crippen molar-refractivity contribution in [1.82, 2.24) is 4.57 Å². The monoisotopic (exact) mass is 768 g/mol. The lowest BCUT2D eigenvalue weighted by Gasteiger charge is -2.66. The summed E-state index contributed by atoms with van der Waals surface area (Å²) in [5.41, 5.74) is 12.3. The van der Waals surface area contributed by atoms with Gasteiger partial charge in [0.15, 0.2) is 0 Å². The maximum atomic E-state index is 2.58. The number of hydrogen-bond acceptors (Lipinski definition) is 1. The first kappa shape index (κ1) is 33.2. The van der Waals surface area contributed by atoms with E-state index in [-0.39, 0.29) is 0 Å². The molecule has 286 valence electrons. The van der Waals surface area contributed by atoms with E-state index in [9.17, 15) is 0 Å². The molecular formula is C58H44N2. The zero-order chi connectivity index (χ0) is 39.2. The van der Waals surface area contributed by atoms with Crippen molar-refractivity contribution in [3.8, 4) is 16.8 Å². The third-order valence-corrected chi connectivity index (χ3v) is 16.1. The Labute approximate surface area is 350 Å². The van der Waals surface area contributed by atoms with E-state index in [0.29, 0.717) is 10.8 Å². The summed E-state index contributed by atoms with van der Waals surface area (Å²) >= 11 is 0. The summed E-state index contributed by atoms with van der Waals surface area (Å²) in [6, 6.07) is 70.7. The van der Waals surface area contributed by atoms with Crippen molar-refractivity contribution in [3.05, 3.63) is 194 Å². The van der Waals surface area contributed by atoms with Crippen LogP contribution in [0.25, 0.3) is 70.9 Å². The molecule has 14 rings (SSSR count). The van der Waals surface area contributed by atoms with Crippen LogP contribution in [0.1, 0.15) is 37.7 Å². The number of benzene rings is 9. The highest BCUT2D eigenvalue weighted by atomic mass is 15.1. The highest BCUT2D eigenvalue weighted by molar-refractivity contribution is 6.15. The minimum Gasteiger partial charge on any atom is -0.310 e. The van der Waals surface area contributed by atoms with Crippen molar-refractivity contribution >= 4 is 71.2 Å². The molecule has 10 aromatic rings. The van der Waals surface area contributed by atoms with E-state index in [1.54, 1.807) is 5.56 Å². The fourth-order valence-corrected chi connectivity index (χ4v) is 13.6. The number of para-hydroxylation sites is 1. The Kier molecular flexibility index (Phi) is 6.63. The zero-order valence-corrected chi connectivity index (χ0v) is 33.6. The van der Waals surface area contributed by atoms with Crippen molar-refractivity contribution < 1.29 is 0 Å². The van der Waals surface area contributed by atoms with Gasteiger partial charge in [-0.2, -0.15) is 0 Å². The van der Waals surface area contributed by atoms with E-state index in [0.717, 1.165) is 17.8 Å². The molecule has 0 aliphatic heterocycles. The van der Waals surface area contributed by atoms with Crippen molar-refractivity contribution in [1.29, 1.82) is 0 Å². The molecule has 4 aliphatic rings. The Balaban J connectivity index is 0.904. The first-order valence-corrected chi connectivity index (χ1v) is 22.1. The van der Waals surface area contributed by atoms with Crippen LogP contribution in [-0.2, 0) is 5.41 Å². The Morgan fingerprint density at radius 2 is 1.12 bits per heavy atom. The second-order valence-corrected chi connectivity index (χ2v) is 18.8. The summed E-state index contributed by atoms with van der Waals surface area (Å²) in [4.78, 5) is 2.55. The summed E-state index contributed by atoms with van der Waals surface area (Å²) in [6.45, 7) is 0. The molecule has 0 N–H and O–H groups in total. The van der Waals surface area contributed by atoms with Crippen LogP contribution in [0.15, 0.2) is 188 Å². The SMILES string of the molecule is c1cc(-c2ccc(N(c3cccc(C45C[C@@H]6CC7C[C@@H](C4)C76C5)c3)c3cc4ccccc4c4ccccc34)cc2)cc(-n2c3ccccc3c3cc4ccccc4cc32)c1. The predicted molar refractivity (Wildman–Crippen MR) is 251 cm³/mol. The second kappa shape index (κ2) is 12.0. The maximum absolute atomic E-state index is 2.58. The van der Waals surface area contributed by atoms with E-state index in [4.69, 9.17) is 0 Å². The number of aromatic nitrogens is 1. The molecular weight excluding hydrogens is 725 g/mol. The Hall–Kier alpha value is -6.64. The van der Waals surface area contributed by atoms with Gasteiger partial charge in [0.25, 0.3) is 0 Å². The molecule has 1 heterocycles. The largest absolute Gasteiger partial charge is 0.310 e. The van der Waals surface area contributed by atoms with Gasteiger partial charge in [-0.25, -0.2) is 0 Å². The standard InChI is InChI=1S/C58H44N2/c1-2-12-40-29-56-53(28-39(40)11-1)52-21-7-8-22-54(52)60(56)47-16-9-14-38(27-47)37-23-25-46(26-24-37)59(55-30-41-13-3-4-18-49(41)50-19-5-6-20-51(50)55)48-17-10-15-42(33-48)57-34-44-31-43-32-45(35-57)58(43,44)36-57/h1-30,33,43-45H,31-32,34-36H2/t43?,44-,45-,57?,58?/m0/s1. The minimum atomic E-state index is 0.339. The second-order valence-electron chi connectivity index (χ2n) is 18.8. The van der Waals surface area contributed by atoms with Crippen LogP contribution < -0.4 is 4.90 Å². The lowest BCUT2D eigenvalue weighted by Crippen LogP contribution is -2.59. The topological polar surface area (TPSA) is 8.17 Å². The molecule has 2 atom stereocenters. The quantitative estimate of drug-likeness (QED) is 0.153. The molecule has 60 heavy (non-hydrogen) atoms. The molecule has 4 fully saturated rings. The van der Waals surface area contributed by atoms with E-state index < -0.39 is 0 Å². The van der Waals surface area contributed by atoms with Crippen molar-refractivity contribution in [2.24, 2.45) is 23.2 Å². The molecule has 0 radical (unpaired) electrons. The highest BCUT2D eigenvalue weighted by Gasteiger charge is 2.77. The molecule has 0 saturated heterocycles. The smallest absolute Gasteiger partial charge is 0.0547 e. The molecule has 4 aliphatic carbocycles. The van der Waals surface area contributed by atoms with Crippen LogP contribution in [0.4, 0.5) is 17.1 Å². The summed E-state index contributed by atoms with van der Waals surface area (Å²) in [5.74, 6) is 2.93. The third-order valence-electron chi connectivity index (χ3n) is 16.1. The fourth-order valence-electron chi connectivity index (χ4n) is 13.6.